The molecular weight excluding hydrogens is 208 g/mol. The molecule has 0 unspecified atom stereocenters. The third kappa shape index (κ3) is 2.69. The van der Waals surface area contributed by atoms with Crippen molar-refractivity contribution in [2.45, 2.75) is 52.9 Å². The van der Waals surface area contributed by atoms with Gasteiger partial charge in [0, 0.05) is 17.2 Å². The number of nitrogens with zero attached hydrogens (tertiary/aromatic N) is 2. The molecule has 1 aromatic rings. The lowest BCUT2D eigenvalue weighted by atomic mass is 10.0. The number of hydrogen-bond donors (Lipinski definition) is 0. The van der Waals surface area contributed by atoms with E-state index in [0.717, 1.165) is 36.3 Å². The Bertz CT molecular complexity index is 309. The van der Waals surface area contributed by atoms with Gasteiger partial charge in [-0.15, -0.1) is 0 Å². The summed E-state index contributed by atoms with van der Waals surface area (Å²) in [5.41, 5.74) is 2.10. The molecule has 84 valence electrons. The van der Waals surface area contributed by atoms with Gasteiger partial charge in [0.1, 0.15) is 11.0 Å². The first-order valence-corrected chi connectivity index (χ1v) is 6.04. The Labute approximate surface area is 97.1 Å². The SMILES string of the molecule is CCc1c(C)nc(C(CC)CC)nc1Cl. The summed E-state index contributed by atoms with van der Waals surface area (Å²) in [5.74, 6) is 1.34. The second-order valence-electron chi connectivity index (χ2n) is 3.80. The second-order valence-corrected chi connectivity index (χ2v) is 4.16. The maximum absolute atomic E-state index is 6.14. The summed E-state index contributed by atoms with van der Waals surface area (Å²) < 4.78 is 0. The minimum absolute atomic E-state index is 0.437. The molecule has 0 saturated heterocycles. The zero-order valence-corrected chi connectivity index (χ0v) is 10.7. The maximum Gasteiger partial charge on any atom is 0.136 e. The molecule has 3 heteroatoms. The fourth-order valence-corrected chi connectivity index (χ4v) is 2.18. The maximum atomic E-state index is 6.14. The monoisotopic (exact) mass is 226 g/mol. The molecule has 1 rings (SSSR count). The van der Waals surface area contributed by atoms with Crippen LogP contribution in [0.3, 0.4) is 0 Å². The normalized spacial score (nSPS) is 11.1. The van der Waals surface area contributed by atoms with E-state index in [1.54, 1.807) is 0 Å². The zero-order valence-electron chi connectivity index (χ0n) is 9.97. The van der Waals surface area contributed by atoms with E-state index in [-0.39, 0.29) is 0 Å². The Morgan fingerprint density at radius 3 is 2.13 bits per heavy atom. The number of rotatable bonds is 4. The van der Waals surface area contributed by atoms with Crippen LogP contribution in [0.25, 0.3) is 0 Å². The van der Waals surface area contributed by atoms with Crippen molar-refractivity contribution >= 4 is 11.6 Å². The van der Waals surface area contributed by atoms with Gasteiger partial charge in [0.05, 0.1) is 0 Å². The lowest BCUT2D eigenvalue weighted by Crippen LogP contribution is -2.07. The quantitative estimate of drug-likeness (QED) is 0.728. The van der Waals surface area contributed by atoms with Crippen molar-refractivity contribution < 1.29 is 0 Å². The lowest BCUT2D eigenvalue weighted by Gasteiger charge is -2.13. The van der Waals surface area contributed by atoms with Crippen LogP contribution in [-0.4, -0.2) is 9.97 Å². The molecule has 0 amide bonds. The fourth-order valence-electron chi connectivity index (χ4n) is 1.82. The van der Waals surface area contributed by atoms with Crippen LogP contribution < -0.4 is 0 Å². The predicted molar refractivity (Wildman–Crippen MR) is 64.5 cm³/mol. The van der Waals surface area contributed by atoms with Gasteiger partial charge in [0.15, 0.2) is 0 Å². The summed E-state index contributed by atoms with van der Waals surface area (Å²) in [7, 11) is 0. The van der Waals surface area contributed by atoms with Crippen LogP contribution in [0.2, 0.25) is 5.15 Å². The third-order valence-electron chi connectivity index (χ3n) is 2.89. The van der Waals surface area contributed by atoms with E-state index in [1.165, 1.54) is 0 Å². The highest BCUT2D eigenvalue weighted by Crippen LogP contribution is 2.24. The molecule has 1 heterocycles. The predicted octanol–water partition coefficient (Wildman–Crippen LogP) is 3.90. The first kappa shape index (κ1) is 12.4. The van der Waals surface area contributed by atoms with Crippen LogP contribution in [0.1, 0.15) is 56.6 Å². The van der Waals surface area contributed by atoms with E-state index in [2.05, 4.69) is 30.7 Å². The Hall–Kier alpha value is -0.630. The van der Waals surface area contributed by atoms with Gasteiger partial charge in [-0.25, -0.2) is 9.97 Å². The van der Waals surface area contributed by atoms with Gasteiger partial charge >= 0.3 is 0 Å². The summed E-state index contributed by atoms with van der Waals surface area (Å²) >= 11 is 6.14. The summed E-state index contributed by atoms with van der Waals surface area (Å²) in [4.78, 5) is 8.95. The molecule has 0 aliphatic carbocycles. The van der Waals surface area contributed by atoms with Gasteiger partial charge in [0.25, 0.3) is 0 Å². The van der Waals surface area contributed by atoms with E-state index in [1.807, 2.05) is 6.92 Å². The standard InChI is InChI=1S/C12H19ClN2/c1-5-9(6-2)12-14-8(4)10(7-3)11(13)15-12/h9H,5-7H2,1-4H3. The van der Waals surface area contributed by atoms with Crippen molar-refractivity contribution in [1.82, 2.24) is 9.97 Å². The molecule has 0 spiro atoms. The Morgan fingerprint density at radius 1 is 1.13 bits per heavy atom. The highest BCUT2D eigenvalue weighted by atomic mass is 35.5. The van der Waals surface area contributed by atoms with Gasteiger partial charge in [0.2, 0.25) is 0 Å². The largest absolute Gasteiger partial charge is 0.238 e. The van der Waals surface area contributed by atoms with Gasteiger partial charge in [-0.05, 0) is 26.2 Å². The summed E-state index contributed by atoms with van der Waals surface area (Å²) in [6.07, 6.45) is 3.03. The van der Waals surface area contributed by atoms with E-state index < -0.39 is 0 Å². The summed E-state index contributed by atoms with van der Waals surface area (Å²) in [6, 6.07) is 0. The van der Waals surface area contributed by atoms with Crippen molar-refractivity contribution in [3.63, 3.8) is 0 Å². The number of aromatic nitrogens is 2. The van der Waals surface area contributed by atoms with Gasteiger partial charge < -0.3 is 0 Å². The average Bonchev–Trinajstić information content (AvgIpc) is 2.19. The smallest absolute Gasteiger partial charge is 0.136 e. The Balaban J connectivity index is 3.12. The first-order valence-electron chi connectivity index (χ1n) is 5.66. The molecule has 0 radical (unpaired) electrons. The van der Waals surface area contributed by atoms with Crippen molar-refractivity contribution in [2.24, 2.45) is 0 Å². The van der Waals surface area contributed by atoms with Crippen LogP contribution in [0.5, 0.6) is 0 Å². The highest BCUT2D eigenvalue weighted by molar-refractivity contribution is 6.30. The number of aryl methyl sites for hydroxylation is 1. The first-order chi connectivity index (χ1) is 7.13. The average molecular weight is 227 g/mol. The molecule has 0 N–H and O–H groups in total. The summed E-state index contributed by atoms with van der Waals surface area (Å²) in [5, 5.41) is 0.631. The Morgan fingerprint density at radius 2 is 1.73 bits per heavy atom. The molecule has 1 aromatic heterocycles. The van der Waals surface area contributed by atoms with E-state index >= 15 is 0 Å². The fraction of sp³-hybridized carbons (Fsp3) is 0.667. The molecule has 15 heavy (non-hydrogen) atoms. The van der Waals surface area contributed by atoms with E-state index in [4.69, 9.17) is 11.6 Å². The van der Waals surface area contributed by atoms with Crippen LogP contribution in [0.4, 0.5) is 0 Å². The van der Waals surface area contributed by atoms with Crippen LogP contribution in [-0.2, 0) is 6.42 Å². The molecule has 0 saturated carbocycles. The molecular formula is C12H19ClN2. The van der Waals surface area contributed by atoms with Crippen molar-refractivity contribution in [3.8, 4) is 0 Å². The van der Waals surface area contributed by atoms with E-state index in [9.17, 15) is 0 Å². The molecule has 0 atom stereocenters. The van der Waals surface area contributed by atoms with Crippen LogP contribution >= 0.6 is 11.6 Å². The van der Waals surface area contributed by atoms with E-state index in [0.29, 0.717) is 11.1 Å². The molecule has 0 aliphatic rings. The highest BCUT2D eigenvalue weighted by Gasteiger charge is 2.14. The minimum atomic E-state index is 0.437. The van der Waals surface area contributed by atoms with Crippen LogP contribution in [0.15, 0.2) is 0 Å². The van der Waals surface area contributed by atoms with Crippen LogP contribution in [0, 0.1) is 6.92 Å². The molecule has 0 bridgehead atoms. The Kier molecular flexibility index (Phi) is 4.52. The van der Waals surface area contributed by atoms with Crippen molar-refractivity contribution in [1.29, 1.82) is 0 Å². The molecule has 0 fully saturated rings. The molecule has 0 aromatic carbocycles. The second kappa shape index (κ2) is 5.45. The number of hydrogen-bond acceptors (Lipinski definition) is 2. The summed E-state index contributed by atoms with van der Waals surface area (Å²) in [6.45, 7) is 8.41. The van der Waals surface area contributed by atoms with Gasteiger partial charge in [-0.1, -0.05) is 32.4 Å². The van der Waals surface area contributed by atoms with Crippen molar-refractivity contribution in [3.05, 3.63) is 22.2 Å². The zero-order chi connectivity index (χ0) is 11.4. The third-order valence-corrected chi connectivity index (χ3v) is 3.20. The van der Waals surface area contributed by atoms with Crippen molar-refractivity contribution in [2.75, 3.05) is 0 Å². The van der Waals surface area contributed by atoms with Gasteiger partial charge in [-0.2, -0.15) is 0 Å². The van der Waals surface area contributed by atoms with Gasteiger partial charge in [-0.3, -0.25) is 0 Å². The lowest BCUT2D eigenvalue weighted by molar-refractivity contribution is 0.598. The molecule has 2 nitrogen and oxygen atoms in total. The molecule has 0 aliphatic heterocycles. The topological polar surface area (TPSA) is 25.8 Å². The number of halogens is 1. The minimum Gasteiger partial charge on any atom is -0.238 e.